The highest BCUT2D eigenvalue weighted by molar-refractivity contribution is 6.37. The maximum atomic E-state index is 12.5. The van der Waals surface area contributed by atoms with Crippen LogP contribution in [-0.2, 0) is 9.59 Å². The van der Waals surface area contributed by atoms with Gasteiger partial charge in [0.15, 0.2) is 0 Å². The minimum absolute atomic E-state index is 0.140. The standard InChI is InChI=1S/C19H15N3O2/c1-12-6-5-7-13(10-12)21-18(23)15(11-20)17-14-8-3-4-9-16(14)22(2)19(17)24/h3-10H,1-2H3,(H,21,23). The zero-order valence-corrected chi connectivity index (χ0v) is 13.3. The van der Waals surface area contributed by atoms with Crippen molar-refractivity contribution in [3.05, 3.63) is 65.2 Å². The summed E-state index contributed by atoms with van der Waals surface area (Å²) in [5.74, 6) is -0.941. The zero-order chi connectivity index (χ0) is 17.3. The van der Waals surface area contributed by atoms with Crippen LogP contribution in [0.3, 0.4) is 0 Å². The van der Waals surface area contributed by atoms with Crippen LogP contribution in [0.1, 0.15) is 11.1 Å². The molecule has 0 aromatic heterocycles. The molecule has 0 fully saturated rings. The van der Waals surface area contributed by atoms with Crippen molar-refractivity contribution < 1.29 is 9.59 Å². The lowest BCUT2D eigenvalue weighted by molar-refractivity contribution is -0.114. The van der Waals surface area contributed by atoms with E-state index in [1.807, 2.05) is 31.2 Å². The van der Waals surface area contributed by atoms with Gasteiger partial charge in [0.1, 0.15) is 11.6 Å². The van der Waals surface area contributed by atoms with Gasteiger partial charge < -0.3 is 10.2 Å². The summed E-state index contributed by atoms with van der Waals surface area (Å²) in [6.07, 6.45) is 0. The smallest absolute Gasteiger partial charge is 0.267 e. The number of aryl methyl sites for hydroxylation is 1. The van der Waals surface area contributed by atoms with E-state index in [-0.39, 0.29) is 17.1 Å². The molecule has 2 aromatic rings. The number of likely N-dealkylation sites (N-methyl/N-ethyl adjacent to an activating group) is 1. The number of hydrogen-bond donors (Lipinski definition) is 1. The molecule has 5 nitrogen and oxygen atoms in total. The number of carbonyl (C=O) groups excluding carboxylic acids is 2. The maximum Gasteiger partial charge on any atom is 0.267 e. The third kappa shape index (κ3) is 2.55. The number of para-hydroxylation sites is 1. The van der Waals surface area contributed by atoms with E-state index in [1.54, 1.807) is 37.4 Å². The second-order valence-electron chi connectivity index (χ2n) is 5.57. The van der Waals surface area contributed by atoms with Crippen LogP contribution in [0.25, 0.3) is 5.57 Å². The highest BCUT2D eigenvalue weighted by Gasteiger charge is 2.34. The van der Waals surface area contributed by atoms with Gasteiger partial charge in [0.25, 0.3) is 11.8 Å². The number of rotatable bonds is 2. The van der Waals surface area contributed by atoms with Crippen LogP contribution in [0.5, 0.6) is 0 Å². The van der Waals surface area contributed by atoms with Crippen LogP contribution in [0, 0.1) is 18.3 Å². The summed E-state index contributed by atoms with van der Waals surface area (Å²) < 4.78 is 0. The van der Waals surface area contributed by atoms with Crippen LogP contribution >= 0.6 is 0 Å². The fraction of sp³-hybridized carbons (Fsp3) is 0.105. The molecule has 118 valence electrons. The highest BCUT2D eigenvalue weighted by atomic mass is 16.2. The molecule has 0 atom stereocenters. The van der Waals surface area contributed by atoms with Crippen molar-refractivity contribution >= 4 is 28.8 Å². The molecule has 1 aliphatic heterocycles. The number of anilines is 2. The molecule has 1 N–H and O–H groups in total. The zero-order valence-electron chi connectivity index (χ0n) is 13.3. The normalized spacial score (nSPS) is 14.9. The number of carbonyl (C=O) groups is 2. The second kappa shape index (κ2) is 6.01. The number of fused-ring (bicyclic) bond motifs is 1. The minimum Gasteiger partial charge on any atom is -0.321 e. The average molecular weight is 317 g/mol. The van der Waals surface area contributed by atoms with Gasteiger partial charge in [0.05, 0.1) is 11.3 Å². The fourth-order valence-corrected chi connectivity index (χ4v) is 2.75. The number of nitriles is 1. The molecular weight excluding hydrogens is 302 g/mol. The molecule has 0 unspecified atom stereocenters. The van der Waals surface area contributed by atoms with Gasteiger partial charge in [0, 0.05) is 18.3 Å². The third-order valence-corrected chi connectivity index (χ3v) is 3.92. The third-order valence-electron chi connectivity index (χ3n) is 3.92. The summed E-state index contributed by atoms with van der Waals surface area (Å²) in [6.45, 7) is 1.91. The Kier molecular flexibility index (Phi) is 3.88. The van der Waals surface area contributed by atoms with Crippen LogP contribution in [0.2, 0.25) is 0 Å². The Morgan fingerprint density at radius 1 is 1.17 bits per heavy atom. The van der Waals surface area contributed by atoms with Crippen LogP contribution < -0.4 is 10.2 Å². The lowest BCUT2D eigenvalue weighted by Gasteiger charge is -2.08. The first-order valence-electron chi connectivity index (χ1n) is 7.42. The summed E-state index contributed by atoms with van der Waals surface area (Å²) in [5, 5.41) is 12.2. The van der Waals surface area contributed by atoms with E-state index in [0.29, 0.717) is 16.9 Å². The molecule has 24 heavy (non-hydrogen) atoms. The Bertz CT molecular complexity index is 922. The molecule has 5 heteroatoms. The summed E-state index contributed by atoms with van der Waals surface area (Å²) >= 11 is 0. The molecule has 2 amide bonds. The monoisotopic (exact) mass is 317 g/mol. The van der Waals surface area contributed by atoms with E-state index < -0.39 is 5.91 Å². The molecule has 0 saturated heterocycles. The lowest BCUT2D eigenvalue weighted by atomic mass is 10.0. The summed E-state index contributed by atoms with van der Waals surface area (Å²) in [5.41, 5.74) is 2.81. The first-order chi connectivity index (χ1) is 11.5. The summed E-state index contributed by atoms with van der Waals surface area (Å²) in [6, 6.07) is 16.3. The summed E-state index contributed by atoms with van der Waals surface area (Å²) in [7, 11) is 1.63. The van der Waals surface area contributed by atoms with Gasteiger partial charge >= 0.3 is 0 Å². The van der Waals surface area contributed by atoms with Crippen LogP contribution in [0.4, 0.5) is 11.4 Å². The number of benzene rings is 2. The van der Waals surface area contributed by atoms with Gasteiger partial charge in [-0.2, -0.15) is 5.26 Å². The Balaban J connectivity index is 2.05. The predicted octanol–water partition coefficient (Wildman–Crippen LogP) is 2.89. The van der Waals surface area contributed by atoms with Crippen molar-refractivity contribution in [2.24, 2.45) is 0 Å². The molecule has 0 saturated carbocycles. The van der Waals surface area contributed by atoms with Crippen molar-refractivity contribution in [2.45, 2.75) is 6.92 Å². The number of nitrogens with zero attached hydrogens (tertiary/aromatic N) is 2. The highest BCUT2D eigenvalue weighted by Crippen LogP contribution is 2.37. The van der Waals surface area contributed by atoms with Crippen LogP contribution in [0.15, 0.2) is 54.1 Å². The van der Waals surface area contributed by atoms with E-state index in [1.165, 1.54) is 4.90 Å². The molecule has 0 bridgehead atoms. The van der Waals surface area contributed by atoms with Crippen molar-refractivity contribution in [1.82, 2.24) is 0 Å². The van der Waals surface area contributed by atoms with Gasteiger partial charge in [-0.25, -0.2) is 0 Å². The lowest BCUT2D eigenvalue weighted by Crippen LogP contribution is -2.23. The molecule has 1 heterocycles. The molecule has 2 aromatic carbocycles. The van der Waals surface area contributed by atoms with Crippen molar-refractivity contribution in [2.75, 3.05) is 17.3 Å². The van der Waals surface area contributed by atoms with Crippen LogP contribution in [-0.4, -0.2) is 18.9 Å². The van der Waals surface area contributed by atoms with Crippen molar-refractivity contribution in [1.29, 1.82) is 5.26 Å². The molecule has 3 rings (SSSR count). The van der Waals surface area contributed by atoms with Gasteiger partial charge in [-0.3, -0.25) is 9.59 Å². The van der Waals surface area contributed by atoms with Gasteiger partial charge in [-0.1, -0.05) is 30.3 Å². The van der Waals surface area contributed by atoms with Gasteiger partial charge in [-0.05, 0) is 30.7 Å². The largest absolute Gasteiger partial charge is 0.321 e. The van der Waals surface area contributed by atoms with E-state index in [4.69, 9.17) is 0 Å². The number of amides is 2. The molecule has 1 aliphatic rings. The van der Waals surface area contributed by atoms with Gasteiger partial charge in [0.2, 0.25) is 0 Å². The molecule has 0 aliphatic carbocycles. The van der Waals surface area contributed by atoms with E-state index in [9.17, 15) is 14.9 Å². The fourth-order valence-electron chi connectivity index (χ4n) is 2.75. The Morgan fingerprint density at radius 3 is 2.62 bits per heavy atom. The van der Waals surface area contributed by atoms with E-state index >= 15 is 0 Å². The first kappa shape index (κ1) is 15.5. The Hall–Kier alpha value is -3.39. The Labute approximate surface area is 139 Å². The quantitative estimate of drug-likeness (QED) is 0.683. The number of nitrogens with one attached hydrogen (secondary N) is 1. The topological polar surface area (TPSA) is 73.2 Å². The molecule has 0 spiro atoms. The SMILES string of the molecule is Cc1cccc(NC(=O)C(C#N)=C2C(=O)N(C)c3ccccc32)c1. The average Bonchev–Trinajstić information content (AvgIpc) is 2.81. The maximum absolute atomic E-state index is 12.5. The number of hydrogen-bond acceptors (Lipinski definition) is 3. The van der Waals surface area contributed by atoms with Crippen molar-refractivity contribution in [3.63, 3.8) is 0 Å². The van der Waals surface area contributed by atoms with Gasteiger partial charge in [-0.15, -0.1) is 0 Å². The first-order valence-corrected chi connectivity index (χ1v) is 7.42. The van der Waals surface area contributed by atoms with E-state index in [2.05, 4.69) is 5.32 Å². The molecule has 0 radical (unpaired) electrons. The van der Waals surface area contributed by atoms with E-state index in [0.717, 1.165) is 5.56 Å². The minimum atomic E-state index is -0.587. The molecular formula is C19H15N3O2. The van der Waals surface area contributed by atoms with Crippen molar-refractivity contribution in [3.8, 4) is 6.07 Å². The Morgan fingerprint density at radius 2 is 1.92 bits per heavy atom. The second-order valence-corrected chi connectivity index (χ2v) is 5.57. The summed E-state index contributed by atoms with van der Waals surface area (Å²) in [4.78, 5) is 26.5. The predicted molar refractivity (Wildman–Crippen MR) is 92.2 cm³/mol.